The molecule has 4 nitrogen and oxygen atoms in total. The first-order chi connectivity index (χ1) is 8.29. The molecule has 92 valence electrons. The third-order valence-electron chi connectivity index (χ3n) is 3.28. The van der Waals surface area contributed by atoms with Gasteiger partial charge in [-0.15, -0.1) is 0 Å². The van der Waals surface area contributed by atoms with E-state index in [0.717, 1.165) is 31.5 Å². The van der Waals surface area contributed by atoms with Gasteiger partial charge in [0.15, 0.2) is 0 Å². The summed E-state index contributed by atoms with van der Waals surface area (Å²) in [7, 11) is 0. The Hall–Kier alpha value is -1.42. The number of aromatic nitrogens is 1. The van der Waals surface area contributed by atoms with Gasteiger partial charge in [-0.25, -0.2) is 0 Å². The van der Waals surface area contributed by atoms with Gasteiger partial charge in [0.25, 0.3) is 0 Å². The molecule has 0 saturated carbocycles. The number of likely N-dealkylation sites (tertiary alicyclic amines) is 1. The van der Waals surface area contributed by atoms with Crippen LogP contribution in [0.4, 0.5) is 0 Å². The van der Waals surface area contributed by atoms with Crippen molar-refractivity contribution in [1.82, 2.24) is 9.88 Å². The molecule has 1 saturated heterocycles. The maximum Gasteiger partial charge on any atom is 0.227 e. The lowest BCUT2D eigenvalue weighted by molar-refractivity contribution is -0.132. The summed E-state index contributed by atoms with van der Waals surface area (Å²) in [6.45, 7) is 2.36. The zero-order chi connectivity index (χ0) is 12.1. The molecule has 1 fully saturated rings. The van der Waals surface area contributed by atoms with Gasteiger partial charge in [0, 0.05) is 25.5 Å². The van der Waals surface area contributed by atoms with E-state index in [1.807, 2.05) is 17.0 Å². The van der Waals surface area contributed by atoms with Crippen LogP contribution in [0, 0.1) is 5.92 Å². The Kier molecular flexibility index (Phi) is 4.09. The standard InChI is InChI=1S/C13H19N3O/c14-8-12-4-2-6-16(10-12)13(17)7-11-3-1-5-15-9-11/h1,3,5,9,12H,2,4,6-8,10,14H2. The molecule has 0 spiro atoms. The Balaban J connectivity index is 1.91. The average Bonchev–Trinajstić information content (AvgIpc) is 2.40. The van der Waals surface area contributed by atoms with Crippen molar-refractivity contribution >= 4 is 5.91 Å². The average molecular weight is 233 g/mol. The summed E-state index contributed by atoms with van der Waals surface area (Å²) in [5, 5.41) is 0. The zero-order valence-electron chi connectivity index (χ0n) is 10.0. The number of nitrogens with two attached hydrogens (primary N) is 1. The topological polar surface area (TPSA) is 59.2 Å². The molecule has 1 unspecified atom stereocenters. The Labute approximate surface area is 102 Å². The lowest BCUT2D eigenvalue weighted by atomic mass is 9.98. The Morgan fingerprint density at radius 3 is 3.18 bits per heavy atom. The quantitative estimate of drug-likeness (QED) is 0.841. The monoisotopic (exact) mass is 233 g/mol. The Morgan fingerprint density at radius 2 is 2.47 bits per heavy atom. The van der Waals surface area contributed by atoms with E-state index in [9.17, 15) is 4.79 Å². The summed E-state index contributed by atoms with van der Waals surface area (Å²) in [4.78, 5) is 18.0. The molecule has 1 aromatic heterocycles. The number of pyridine rings is 1. The second-order valence-electron chi connectivity index (χ2n) is 4.62. The molecular weight excluding hydrogens is 214 g/mol. The van der Waals surface area contributed by atoms with Crippen molar-refractivity contribution in [2.75, 3.05) is 19.6 Å². The third kappa shape index (κ3) is 3.27. The zero-order valence-corrected chi connectivity index (χ0v) is 10.0. The molecule has 1 aliphatic heterocycles. The first-order valence-electron chi connectivity index (χ1n) is 6.16. The molecule has 2 N–H and O–H groups in total. The van der Waals surface area contributed by atoms with Gasteiger partial charge in [-0.1, -0.05) is 6.07 Å². The third-order valence-corrected chi connectivity index (χ3v) is 3.28. The van der Waals surface area contributed by atoms with Crippen LogP contribution in [0.3, 0.4) is 0 Å². The minimum atomic E-state index is 0.191. The van der Waals surface area contributed by atoms with Crippen molar-refractivity contribution in [2.45, 2.75) is 19.3 Å². The molecular formula is C13H19N3O. The largest absolute Gasteiger partial charge is 0.342 e. The lowest BCUT2D eigenvalue weighted by Crippen LogP contribution is -2.42. The van der Waals surface area contributed by atoms with E-state index in [0.29, 0.717) is 18.9 Å². The highest BCUT2D eigenvalue weighted by atomic mass is 16.2. The van der Waals surface area contributed by atoms with Crippen molar-refractivity contribution in [1.29, 1.82) is 0 Å². The van der Waals surface area contributed by atoms with E-state index in [2.05, 4.69) is 4.98 Å². The maximum absolute atomic E-state index is 12.1. The summed E-state index contributed by atoms with van der Waals surface area (Å²) in [6.07, 6.45) is 6.14. The van der Waals surface area contributed by atoms with Gasteiger partial charge in [-0.05, 0) is 36.9 Å². The van der Waals surface area contributed by atoms with E-state index >= 15 is 0 Å². The predicted molar refractivity (Wildman–Crippen MR) is 66.3 cm³/mol. The summed E-state index contributed by atoms with van der Waals surface area (Å²) < 4.78 is 0. The lowest BCUT2D eigenvalue weighted by Gasteiger charge is -2.32. The Morgan fingerprint density at radius 1 is 1.59 bits per heavy atom. The molecule has 0 radical (unpaired) electrons. The number of carbonyl (C=O) groups is 1. The predicted octanol–water partition coefficient (Wildman–Crippen LogP) is 0.821. The summed E-state index contributed by atoms with van der Waals surface area (Å²) in [5.74, 6) is 0.665. The van der Waals surface area contributed by atoms with Crippen molar-refractivity contribution in [3.63, 3.8) is 0 Å². The molecule has 1 aliphatic rings. The van der Waals surface area contributed by atoms with Crippen LogP contribution >= 0.6 is 0 Å². The summed E-state index contributed by atoms with van der Waals surface area (Å²) >= 11 is 0. The smallest absolute Gasteiger partial charge is 0.227 e. The van der Waals surface area contributed by atoms with E-state index < -0.39 is 0 Å². The van der Waals surface area contributed by atoms with Gasteiger partial charge in [0.1, 0.15) is 0 Å². The minimum absolute atomic E-state index is 0.191. The summed E-state index contributed by atoms with van der Waals surface area (Å²) in [6, 6.07) is 3.80. The number of rotatable bonds is 3. The number of hydrogen-bond donors (Lipinski definition) is 1. The van der Waals surface area contributed by atoms with Crippen LogP contribution in [0.25, 0.3) is 0 Å². The Bertz CT molecular complexity index is 366. The van der Waals surface area contributed by atoms with Crippen molar-refractivity contribution in [3.8, 4) is 0 Å². The second kappa shape index (κ2) is 5.77. The molecule has 0 aliphatic carbocycles. The number of piperidine rings is 1. The normalized spacial score (nSPS) is 20.3. The fraction of sp³-hybridized carbons (Fsp3) is 0.538. The van der Waals surface area contributed by atoms with Gasteiger partial charge >= 0.3 is 0 Å². The molecule has 2 heterocycles. The number of nitrogens with zero attached hydrogens (tertiary/aromatic N) is 2. The minimum Gasteiger partial charge on any atom is -0.342 e. The molecule has 4 heteroatoms. The highest BCUT2D eigenvalue weighted by Crippen LogP contribution is 2.16. The number of carbonyl (C=O) groups excluding carboxylic acids is 1. The molecule has 17 heavy (non-hydrogen) atoms. The molecule has 2 rings (SSSR count). The van der Waals surface area contributed by atoms with Gasteiger partial charge in [0.2, 0.25) is 5.91 Å². The van der Waals surface area contributed by atoms with Crippen molar-refractivity contribution in [2.24, 2.45) is 11.7 Å². The van der Waals surface area contributed by atoms with Crippen LogP contribution < -0.4 is 5.73 Å². The number of amides is 1. The van der Waals surface area contributed by atoms with Crippen LogP contribution in [0.2, 0.25) is 0 Å². The van der Waals surface area contributed by atoms with E-state index in [4.69, 9.17) is 5.73 Å². The maximum atomic E-state index is 12.1. The van der Waals surface area contributed by atoms with Crippen molar-refractivity contribution in [3.05, 3.63) is 30.1 Å². The van der Waals surface area contributed by atoms with Gasteiger partial charge < -0.3 is 10.6 Å². The first kappa shape index (κ1) is 12.0. The van der Waals surface area contributed by atoms with Crippen LogP contribution in [-0.4, -0.2) is 35.4 Å². The van der Waals surface area contributed by atoms with Gasteiger partial charge in [-0.3, -0.25) is 9.78 Å². The second-order valence-corrected chi connectivity index (χ2v) is 4.62. The first-order valence-corrected chi connectivity index (χ1v) is 6.16. The fourth-order valence-electron chi connectivity index (χ4n) is 2.27. The number of hydrogen-bond acceptors (Lipinski definition) is 3. The SMILES string of the molecule is NCC1CCCN(C(=O)Cc2cccnc2)C1. The highest BCUT2D eigenvalue weighted by Gasteiger charge is 2.22. The van der Waals surface area contributed by atoms with Crippen molar-refractivity contribution < 1.29 is 4.79 Å². The molecule has 1 aromatic rings. The van der Waals surface area contributed by atoms with E-state index in [1.54, 1.807) is 12.4 Å². The highest BCUT2D eigenvalue weighted by molar-refractivity contribution is 5.78. The van der Waals surface area contributed by atoms with Crippen LogP contribution in [0.5, 0.6) is 0 Å². The van der Waals surface area contributed by atoms with Crippen LogP contribution in [0.15, 0.2) is 24.5 Å². The van der Waals surface area contributed by atoms with Gasteiger partial charge in [-0.2, -0.15) is 0 Å². The molecule has 1 amide bonds. The van der Waals surface area contributed by atoms with Gasteiger partial charge in [0.05, 0.1) is 6.42 Å². The van der Waals surface area contributed by atoms with E-state index in [1.165, 1.54) is 0 Å². The molecule has 0 aromatic carbocycles. The fourth-order valence-corrected chi connectivity index (χ4v) is 2.27. The molecule has 1 atom stereocenters. The van der Waals surface area contributed by atoms with Crippen LogP contribution in [-0.2, 0) is 11.2 Å². The molecule has 0 bridgehead atoms. The summed E-state index contributed by atoms with van der Waals surface area (Å²) in [5.41, 5.74) is 6.65. The van der Waals surface area contributed by atoms with Crippen LogP contribution in [0.1, 0.15) is 18.4 Å². The van der Waals surface area contributed by atoms with E-state index in [-0.39, 0.29) is 5.91 Å².